The first-order valence-corrected chi connectivity index (χ1v) is 3.77. The summed E-state index contributed by atoms with van der Waals surface area (Å²) in [5.74, 6) is 0. The average Bonchev–Trinajstić information content (AvgIpc) is 2.11. The van der Waals surface area contributed by atoms with Crippen LogP contribution in [0.1, 0.15) is 25.7 Å². The van der Waals surface area contributed by atoms with Gasteiger partial charge in [0, 0.05) is 12.1 Å². The van der Waals surface area contributed by atoms with Crippen molar-refractivity contribution in [3.63, 3.8) is 0 Å². The molecular formula is C8H14ClN. The van der Waals surface area contributed by atoms with E-state index >= 15 is 0 Å². The Labute approximate surface area is 68.3 Å². The molecular weight excluding hydrogens is 146 g/mol. The van der Waals surface area contributed by atoms with Gasteiger partial charge in [-0.25, -0.2) is 0 Å². The number of halogens is 1. The summed E-state index contributed by atoms with van der Waals surface area (Å²) in [7, 11) is 0. The zero-order valence-corrected chi connectivity index (χ0v) is 6.91. The molecule has 0 aromatic carbocycles. The largest absolute Gasteiger partial charge is 0.311 e. The fourth-order valence-corrected chi connectivity index (χ4v) is 2.00. The van der Waals surface area contributed by atoms with Gasteiger partial charge >= 0.3 is 0 Å². The van der Waals surface area contributed by atoms with Gasteiger partial charge in [0.25, 0.3) is 0 Å². The summed E-state index contributed by atoms with van der Waals surface area (Å²) < 4.78 is 0. The number of fused-ring (bicyclic) bond motifs is 2. The smallest absolute Gasteiger partial charge is 0.0107 e. The third-order valence-electron chi connectivity index (χ3n) is 2.41. The van der Waals surface area contributed by atoms with Crippen LogP contribution >= 0.6 is 12.4 Å². The highest BCUT2D eigenvalue weighted by molar-refractivity contribution is 5.85. The predicted molar refractivity (Wildman–Crippen MR) is 45.6 cm³/mol. The standard InChI is InChI=1S/C8H13N.ClH/c1-6-4-7-2-3-8(5-6)9-7;/h7-9H,1-5H2;1H. The van der Waals surface area contributed by atoms with E-state index in [0.717, 1.165) is 12.1 Å². The van der Waals surface area contributed by atoms with Gasteiger partial charge in [-0.05, 0) is 25.7 Å². The van der Waals surface area contributed by atoms with Crippen LogP contribution in [-0.4, -0.2) is 12.1 Å². The minimum atomic E-state index is 0. The van der Waals surface area contributed by atoms with Gasteiger partial charge in [0.1, 0.15) is 0 Å². The maximum Gasteiger partial charge on any atom is 0.0107 e. The van der Waals surface area contributed by atoms with Crippen molar-refractivity contribution in [2.45, 2.75) is 37.8 Å². The molecule has 2 atom stereocenters. The van der Waals surface area contributed by atoms with Crippen LogP contribution in [0.15, 0.2) is 12.2 Å². The first-order chi connectivity index (χ1) is 4.34. The van der Waals surface area contributed by atoms with Crippen LogP contribution in [0.2, 0.25) is 0 Å². The van der Waals surface area contributed by atoms with Crippen LogP contribution in [0.5, 0.6) is 0 Å². The Morgan fingerprint density at radius 2 is 1.70 bits per heavy atom. The molecule has 2 saturated heterocycles. The average molecular weight is 160 g/mol. The second-order valence-corrected chi connectivity index (χ2v) is 3.30. The van der Waals surface area contributed by atoms with E-state index in [0.29, 0.717) is 0 Å². The van der Waals surface area contributed by atoms with E-state index in [9.17, 15) is 0 Å². The highest BCUT2D eigenvalue weighted by Crippen LogP contribution is 2.28. The summed E-state index contributed by atoms with van der Waals surface area (Å²) in [6, 6.07) is 1.58. The maximum absolute atomic E-state index is 4.01. The number of rotatable bonds is 0. The van der Waals surface area contributed by atoms with Gasteiger partial charge in [0.15, 0.2) is 0 Å². The lowest BCUT2D eigenvalue weighted by atomic mass is 10.0. The lowest BCUT2D eigenvalue weighted by Gasteiger charge is -2.22. The third kappa shape index (κ3) is 1.35. The van der Waals surface area contributed by atoms with E-state index in [1.54, 1.807) is 0 Å². The molecule has 2 heteroatoms. The molecule has 0 spiro atoms. The van der Waals surface area contributed by atoms with Crippen molar-refractivity contribution >= 4 is 12.4 Å². The molecule has 2 bridgehead atoms. The second kappa shape index (κ2) is 2.93. The number of hydrogen-bond acceptors (Lipinski definition) is 1. The summed E-state index contributed by atoms with van der Waals surface area (Å²) in [5, 5.41) is 3.56. The van der Waals surface area contributed by atoms with Crippen LogP contribution in [0.3, 0.4) is 0 Å². The van der Waals surface area contributed by atoms with E-state index in [4.69, 9.17) is 0 Å². The molecule has 2 unspecified atom stereocenters. The van der Waals surface area contributed by atoms with Gasteiger partial charge in [-0.1, -0.05) is 12.2 Å². The lowest BCUT2D eigenvalue weighted by molar-refractivity contribution is 0.475. The summed E-state index contributed by atoms with van der Waals surface area (Å²) in [6.07, 6.45) is 5.22. The van der Waals surface area contributed by atoms with Crippen molar-refractivity contribution in [3.05, 3.63) is 12.2 Å². The van der Waals surface area contributed by atoms with Crippen LogP contribution in [-0.2, 0) is 0 Å². The molecule has 2 rings (SSSR count). The lowest BCUT2D eigenvalue weighted by Crippen LogP contribution is -2.34. The molecule has 10 heavy (non-hydrogen) atoms. The minimum Gasteiger partial charge on any atom is -0.311 e. The van der Waals surface area contributed by atoms with E-state index in [2.05, 4.69) is 11.9 Å². The molecule has 2 fully saturated rings. The van der Waals surface area contributed by atoms with Crippen LogP contribution < -0.4 is 5.32 Å². The Bertz CT molecular complexity index is 130. The van der Waals surface area contributed by atoms with Crippen molar-refractivity contribution in [1.82, 2.24) is 5.32 Å². The van der Waals surface area contributed by atoms with E-state index in [1.807, 2.05) is 0 Å². The molecule has 0 saturated carbocycles. The van der Waals surface area contributed by atoms with E-state index in [-0.39, 0.29) is 12.4 Å². The zero-order chi connectivity index (χ0) is 6.27. The molecule has 58 valence electrons. The molecule has 0 aromatic rings. The van der Waals surface area contributed by atoms with Crippen LogP contribution in [0.25, 0.3) is 0 Å². The molecule has 1 nitrogen and oxygen atoms in total. The molecule has 0 radical (unpaired) electrons. The summed E-state index contributed by atoms with van der Waals surface area (Å²) in [4.78, 5) is 0. The first kappa shape index (κ1) is 8.09. The van der Waals surface area contributed by atoms with Crippen molar-refractivity contribution in [2.75, 3.05) is 0 Å². The molecule has 2 aliphatic heterocycles. The van der Waals surface area contributed by atoms with Crippen molar-refractivity contribution in [1.29, 1.82) is 0 Å². The fraction of sp³-hybridized carbons (Fsp3) is 0.750. The van der Waals surface area contributed by atoms with Gasteiger partial charge in [-0.2, -0.15) is 0 Å². The monoisotopic (exact) mass is 159 g/mol. The zero-order valence-electron chi connectivity index (χ0n) is 6.10. The highest BCUT2D eigenvalue weighted by Gasteiger charge is 2.28. The summed E-state index contributed by atoms with van der Waals surface area (Å²) in [6.45, 7) is 4.01. The third-order valence-corrected chi connectivity index (χ3v) is 2.41. The summed E-state index contributed by atoms with van der Waals surface area (Å²) >= 11 is 0. The van der Waals surface area contributed by atoms with Gasteiger partial charge < -0.3 is 5.32 Å². The first-order valence-electron chi connectivity index (χ1n) is 3.77. The van der Waals surface area contributed by atoms with E-state index < -0.39 is 0 Å². The van der Waals surface area contributed by atoms with Crippen molar-refractivity contribution in [2.24, 2.45) is 0 Å². The van der Waals surface area contributed by atoms with Crippen molar-refractivity contribution in [3.8, 4) is 0 Å². The normalized spacial score (nSPS) is 37.4. The Hall–Kier alpha value is -0.0100. The molecule has 2 heterocycles. The van der Waals surface area contributed by atoms with Crippen LogP contribution in [0, 0.1) is 0 Å². The van der Waals surface area contributed by atoms with Crippen molar-refractivity contribution < 1.29 is 0 Å². The topological polar surface area (TPSA) is 12.0 Å². The maximum atomic E-state index is 4.01. The summed E-state index contributed by atoms with van der Waals surface area (Å²) in [5.41, 5.74) is 1.46. The van der Waals surface area contributed by atoms with E-state index in [1.165, 1.54) is 31.3 Å². The quantitative estimate of drug-likeness (QED) is 0.533. The Morgan fingerprint density at radius 1 is 1.20 bits per heavy atom. The second-order valence-electron chi connectivity index (χ2n) is 3.30. The highest BCUT2D eigenvalue weighted by atomic mass is 35.5. The Morgan fingerprint density at radius 3 is 2.20 bits per heavy atom. The number of hydrogen-bond donors (Lipinski definition) is 1. The number of piperidine rings is 1. The molecule has 2 aliphatic rings. The van der Waals surface area contributed by atoms with Gasteiger partial charge in [-0.3, -0.25) is 0 Å². The molecule has 0 amide bonds. The molecule has 1 N–H and O–H groups in total. The molecule has 0 aromatic heterocycles. The predicted octanol–water partition coefficient (Wildman–Crippen LogP) is 1.88. The number of nitrogens with one attached hydrogen (secondary N) is 1. The van der Waals surface area contributed by atoms with Gasteiger partial charge in [0.2, 0.25) is 0 Å². The Balaban J connectivity index is 0.000000500. The van der Waals surface area contributed by atoms with Crippen LogP contribution in [0.4, 0.5) is 0 Å². The van der Waals surface area contributed by atoms with Gasteiger partial charge in [-0.15, -0.1) is 12.4 Å². The molecule has 0 aliphatic carbocycles. The SMILES string of the molecule is C=C1CC2CCC(C1)N2.Cl. The minimum absolute atomic E-state index is 0. The fourth-order valence-electron chi connectivity index (χ4n) is 2.00. The van der Waals surface area contributed by atoms with Gasteiger partial charge in [0.05, 0.1) is 0 Å². The Kier molecular flexibility index (Phi) is 2.37.